The predicted molar refractivity (Wildman–Crippen MR) is 94.5 cm³/mol. The highest BCUT2D eigenvalue weighted by Gasteiger charge is 2.33. The Morgan fingerprint density at radius 2 is 1.75 bits per heavy atom. The minimum atomic E-state index is -4.82. The van der Waals surface area contributed by atoms with Crippen molar-refractivity contribution < 1.29 is 26.3 Å². The van der Waals surface area contributed by atoms with Crippen LogP contribution in [0.15, 0.2) is 35.2 Å². The molecule has 152 valence electrons. The summed E-state index contributed by atoms with van der Waals surface area (Å²) in [6, 6.07) is 6.25. The van der Waals surface area contributed by atoms with Gasteiger partial charge in [0.05, 0.1) is 17.1 Å². The van der Waals surface area contributed by atoms with Crippen LogP contribution < -0.4 is 9.46 Å². The van der Waals surface area contributed by atoms with Crippen LogP contribution in [-0.4, -0.2) is 31.1 Å². The van der Waals surface area contributed by atoms with Crippen molar-refractivity contribution in [3.63, 3.8) is 0 Å². The number of nitrogens with one attached hydrogen (secondary N) is 1. The highest BCUT2D eigenvalue weighted by molar-refractivity contribution is 7.89. The molecule has 0 unspecified atom stereocenters. The highest BCUT2D eigenvalue weighted by Crippen LogP contribution is 2.44. The SMILES string of the molecule is O=S(=O)(NCCn1nc(C2CC2)cc1C1CC1)c1ccc(OC(F)(F)F)cc1. The van der Waals surface area contributed by atoms with Crippen molar-refractivity contribution in [2.45, 2.75) is 55.3 Å². The molecular formula is C18H20F3N3O3S. The van der Waals surface area contributed by atoms with E-state index in [1.165, 1.54) is 0 Å². The third-order valence-corrected chi connectivity index (χ3v) is 6.28. The molecule has 0 spiro atoms. The van der Waals surface area contributed by atoms with Gasteiger partial charge in [0.1, 0.15) is 5.75 Å². The van der Waals surface area contributed by atoms with Crippen LogP contribution in [0.2, 0.25) is 0 Å². The van der Waals surface area contributed by atoms with Crippen LogP contribution in [0.5, 0.6) is 5.75 Å². The normalized spacial score (nSPS) is 17.7. The maximum Gasteiger partial charge on any atom is 0.573 e. The van der Waals surface area contributed by atoms with Gasteiger partial charge in [0.25, 0.3) is 0 Å². The van der Waals surface area contributed by atoms with E-state index in [-0.39, 0.29) is 11.4 Å². The quantitative estimate of drug-likeness (QED) is 0.716. The lowest BCUT2D eigenvalue weighted by molar-refractivity contribution is -0.274. The van der Waals surface area contributed by atoms with Gasteiger partial charge in [0.2, 0.25) is 10.0 Å². The monoisotopic (exact) mass is 415 g/mol. The fraction of sp³-hybridized carbons (Fsp3) is 0.500. The Balaban J connectivity index is 1.38. The molecule has 0 aliphatic heterocycles. The predicted octanol–water partition coefficient (Wildman–Crippen LogP) is 3.52. The number of alkyl halides is 3. The Morgan fingerprint density at radius 3 is 2.32 bits per heavy atom. The summed E-state index contributed by atoms with van der Waals surface area (Å²) >= 11 is 0. The molecule has 1 N–H and O–H groups in total. The summed E-state index contributed by atoms with van der Waals surface area (Å²) in [7, 11) is -3.83. The molecule has 0 radical (unpaired) electrons. The number of hydrogen-bond donors (Lipinski definition) is 1. The Morgan fingerprint density at radius 1 is 1.11 bits per heavy atom. The van der Waals surface area contributed by atoms with Gasteiger partial charge in [-0.25, -0.2) is 13.1 Å². The maximum atomic E-state index is 12.4. The summed E-state index contributed by atoms with van der Waals surface area (Å²) in [5.41, 5.74) is 2.25. The second-order valence-electron chi connectivity index (χ2n) is 7.18. The van der Waals surface area contributed by atoms with Crippen LogP contribution in [0, 0.1) is 0 Å². The summed E-state index contributed by atoms with van der Waals surface area (Å²) in [6.45, 7) is 0.557. The van der Waals surface area contributed by atoms with Crippen LogP contribution in [0.3, 0.4) is 0 Å². The average molecular weight is 415 g/mol. The zero-order chi connectivity index (χ0) is 19.9. The largest absolute Gasteiger partial charge is 0.573 e. The summed E-state index contributed by atoms with van der Waals surface area (Å²) in [4.78, 5) is -0.122. The standard InChI is InChI=1S/C18H20F3N3O3S/c19-18(20,21)27-14-5-7-15(8-6-14)28(25,26)22-9-10-24-17(13-3-4-13)11-16(23-24)12-1-2-12/h5-8,11-13,22H,1-4,9-10H2. The van der Waals surface area contributed by atoms with Crippen molar-refractivity contribution in [3.05, 3.63) is 41.7 Å². The zero-order valence-electron chi connectivity index (χ0n) is 14.9. The molecule has 0 bridgehead atoms. The number of sulfonamides is 1. The highest BCUT2D eigenvalue weighted by atomic mass is 32.2. The number of benzene rings is 1. The first-order valence-electron chi connectivity index (χ1n) is 9.14. The minimum Gasteiger partial charge on any atom is -0.406 e. The van der Waals surface area contributed by atoms with Gasteiger partial charge in [0, 0.05) is 24.1 Å². The van der Waals surface area contributed by atoms with E-state index in [0.29, 0.717) is 18.4 Å². The van der Waals surface area contributed by atoms with E-state index in [9.17, 15) is 21.6 Å². The van der Waals surface area contributed by atoms with E-state index in [0.717, 1.165) is 61.3 Å². The summed E-state index contributed by atoms with van der Waals surface area (Å²) in [5.74, 6) is 0.579. The lowest BCUT2D eigenvalue weighted by Gasteiger charge is -2.11. The first-order chi connectivity index (χ1) is 13.2. The Bertz CT molecular complexity index is 947. The van der Waals surface area contributed by atoms with Gasteiger partial charge in [-0.2, -0.15) is 5.10 Å². The number of nitrogens with zero attached hydrogens (tertiary/aromatic N) is 2. The molecule has 1 aromatic heterocycles. The molecule has 0 amide bonds. The van der Waals surface area contributed by atoms with Gasteiger partial charge >= 0.3 is 6.36 Å². The second-order valence-corrected chi connectivity index (χ2v) is 8.95. The van der Waals surface area contributed by atoms with E-state index in [4.69, 9.17) is 0 Å². The molecule has 1 heterocycles. The molecule has 4 rings (SSSR count). The molecule has 0 atom stereocenters. The molecule has 0 saturated heterocycles. The van der Waals surface area contributed by atoms with Gasteiger partial charge in [-0.3, -0.25) is 4.68 Å². The molecule has 28 heavy (non-hydrogen) atoms. The first-order valence-corrected chi connectivity index (χ1v) is 10.6. The lowest BCUT2D eigenvalue weighted by atomic mass is 10.2. The van der Waals surface area contributed by atoms with E-state index in [1.807, 2.05) is 4.68 Å². The number of ether oxygens (including phenoxy) is 1. The van der Waals surface area contributed by atoms with Crippen molar-refractivity contribution in [2.75, 3.05) is 6.54 Å². The molecule has 10 heteroatoms. The zero-order valence-corrected chi connectivity index (χ0v) is 15.8. The number of hydrogen-bond acceptors (Lipinski definition) is 4. The average Bonchev–Trinajstić information content (AvgIpc) is 3.53. The molecule has 6 nitrogen and oxygen atoms in total. The van der Waals surface area contributed by atoms with Gasteiger partial charge in [-0.1, -0.05) is 0 Å². The smallest absolute Gasteiger partial charge is 0.406 e. The molecule has 2 aliphatic carbocycles. The van der Waals surface area contributed by atoms with Crippen molar-refractivity contribution in [3.8, 4) is 5.75 Å². The Labute approximate surface area is 160 Å². The number of halogens is 3. The molecular weight excluding hydrogens is 395 g/mol. The van der Waals surface area contributed by atoms with E-state index < -0.39 is 22.1 Å². The van der Waals surface area contributed by atoms with Crippen molar-refractivity contribution in [1.29, 1.82) is 0 Å². The van der Waals surface area contributed by atoms with Crippen LogP contribution >= 0.6 is 0 Å². The lowest BCUT2D eigenvalue weighted by Crippen LogP contribution is -2.28. The van der Waals surface area contributed by atoms with Gasteiger partial charge < -0.3 is 4.74 Å². The Kier molecular flexibility index (Phi) is 4.86. The first kappa shape index (κ1) is 19.3. The molecule has 2 aromatic rings. The fourth-order valence-electron chi connectivity index (χ4n) is 3.11. The van der Waals surface area contributed by atoms with Gasteiger partial charge in [-0.15, -0.1) is 13.2 Å². The van der Waals surface area contributed by atoms with Crippen molar-refractivity contribution >= 4 is 10.0 Å². The van der Waals surface area contributed by atoms with Crippen molar-refractivity contribution in [1.82, 2.24) is 14.5 Å². The summed E-state index contributed by atoms with van der Waals surface area (Å²) in [5, 5.41) is 4.63. The fourth-order valence-corrected chi connectivity index (χ4v) is 4.13. The molecule has 2 saturated carbocycles. The van der Waals surface area contributed by atoms with Gasteiger partial charge in [-0.05, 0) is 56.0 Å². The third kappa shape index (κ3) is 4.67. The number of aromatic nitrogens is 2. The molecule has 2 fully saturated rings. The van der Waals surface area contributed by atoms with Crippen LogP contribution in [0.4, 0.5) is 13.2 Å². The van der Waals surface area contributed by atoms with Crippen molar-refractivity contribution in [2.24, 2.45) is 0 Å². The maximum absolute atomic E-state index is 12.4. The van der Waals surface area contributed by atoms with E-state index in [2.05, 4.69) is 20.6 Å². The third-order valence-electron chi connectivity index (χ3n) is 4.80. The summed E-state index contributed by atoms with van der Waals surface area (Å²) in [6.07, 6.45) is -0.244. The Hall–Kier alpha value is -2.07. The van der Waals surface area contributed by atoms with Crippen LogP contribution in [-0.2, 0) is 16.6 Å². The van der Waals surface area contributed by atoms with E-state index in [1.54, 1.807) is 0 Å². The summed E-state index contributed by atoms with van der Waals surface area (Å²) < 4.78 is 69.4. The van der Waals surface area contributed by atoms with Gasteiger partial charge in [0.15, 0.2) is 0 Å². The second kappa shape index (κ2) is 7.07. The minimum absolute atomic E-state index is 0.122. The molecule has 1 aromatic carbocycles. The molecule has 2 aliphatic rings. The van der Waals surface area contributed by atoms with Crippen LogP contribution in [0.25, 0.3) is 0 Å². The topological polar surface area (TPSA) is 73.2 Å². The van der Waals surface area contributed by atoms with E-state index >= 15 is 0 Å². The van der Waals surface area contributed by atoms with Crippen LogP contribution in [0.1, 0.15) is 48.9 Å². The number of rotatable bonds is 8.